The Morgan fingerprint density at radius 3 is 2.65 bits per heavy atom. The lowest BCUT2D eigenvalue weighted by Gasteiger charge is -2.24. The fourth-order valence-corrected chi connectivity index (χ4v) is 1.77. The van der Waals surface area contributed by atoms with E-state index >= 15 is 0 Å². The van der Waals surface area contributed by atoms with Gasteiger partial charge in [-0.1, -0.05) is 17.7 Å². The molecule has 110 valence electrons. The Hall–Kier alpha value is -1.66. The van der Waals surface area contributed by atoms with E-state index in [4.69, 9.17) is 11.6 Å². The van der Waals surface area contributed by atoms with Crippen LogP contribution in [0.2, 0.25) is 5.02 Å². The molecule has 0 heterocycles. The van der Waals surface area contributed by atoms with Gasteiger partial charge in [0.05, 0.1) is 6.04 Å². The van der Waals surface area contributed by atoms with Crippen molar-refractivity contribution < 1.29 is 14.0 Å². The quantitative estimate of drug-likeness (QED) is 0.891. The molecule has 0 fully saturated rings. The molecule has 0 saturated carbocycles. The number of hydrogen-bond acceptors (Lipinski definition) is 3. The van der Waals surface area contributed by atoms with E-state index in [-0.39, 0.29) is 6.54 Å². The van der Waals surface area contributed by atoms with E-state index in [1.807, 2.05) is 0 Å². The van der Waals surface area contributed by atoms with Crippen LogP contribution < -0.4 is 10.6 Å². The zero-order chi connectivity index (χ0) is 15.3. The first-order valence-electron chi connectivity index (χ1n) is 6.02. The molecule has 0 radical (unpaired) electrons. The summed E-state index contributed by atoms with van der Waals surface area (Å²) in [4.78, 5) is 24.4. The molecule has 20 heavy (non-hydrogen) atoms. The van der Waals surface area contributed by atoms with Crippen LogP contribution in [0.1, 0.15) is 12.5 Å². The Labute approximate surface area is 122 Å². The van der Waals surface area contributed by atoms with Crippen LogP contribution in [0.5, 0.6) is 0 Å². The van der Waals surface area contributed by atoms with Crippen molar-refractivity contribution in [1.82, 2.24) is 15.5 Å². The van der Waals surface area contributed by atoms with Crippen LogP contribution >= 0.6 is 11.6 Å². The maximum atomic E-state index is 13.7. The number of nitrogens with zero attached hydrogens (tertiary/aromatic N) is 1. The van der Waals surface area contributed by atoms with E-state index in [2.05, 4.69) is 10.6 Å². The van der Waals surface area contributed by atoms with Crippen molar-refractivity contribution in [2.24, 2.45) is 0 Å². The number of imide groups is 1. The van der Waals surface area contributed by atoms with Crippen molar-refractivity contribution in [1.29, 1.82) is 0 Å². The SMILES string of the molecule is CNC(=O)NC(=O)C(C)N(C)Cc1c(F)cccc1Cl. The normalized spacial score (nSPS) is 12.1. The van der Waals surface area contributed by atoms with E-state index in [1.54, 1.807) is 24.9 Å². The number of hydrogen-bond donors (Lipinski definition) is 2. The maximum Gasteiger partial charge on any atom is 0.321 e. The number of amides is 3. The number of carbonyl (C=O) groups is 2. The molecule has 5 nitrogen and oxygen atoms in total. The molecule has 1 atom stereocenters. The molecule has 3 amide bonds. The van der Waals surface area contributed by atoms with Crippen LogP contribution in [0, 0.1) is 5.82 Å². The second kappa shape index (κ2) is 7.21. The van der Waals surface area contributed by atoms with Gasteiger partial charge in [0.25, 0.3) is 0 Å². The molecule has 0 aromatic heterocycles. The smallest absolute Gasteiger partial charge is 0.321 e. The lowest BCUT2D eigenvalue weighted by molar-refractivity contribution is -0.124. The van der Waals surface area contributed by atoms with Gasteiger partial charge in [-0.25, -0.2) is 9.18 Å². The average Bonchev–Trinajstić information content (AvgIpc) is 2.41. The zero-order valence-electron chi connectivity index (χ0n) is 11.5. The summed E-state index contributed by atoms with van der Waals surface area (Å²) in [6, 6.07) is 3.22. The molecule has 2 N–H and O–H groups in total. The van der Waals surface area contributed by atoms with Gasteiger partial charge in [-0.3, -0.25) is 15.0 Å². The highest BCUT2D eigenvalue weighted by molar-refractivity contribution is 6.31. The molecule has 1 rings (SSSR count). The molecular formula is C13H17ClFN3O2. The molecule has 0 aliphatic heterocycles. The lowest BCUT2D eigenvalue weighted by Crippen LogP contribution is -2.47. The summed E-state index contributed by atoms with van der Waals surface area (Å²) in [5.74, 6) is -0.900. The van der Waals surface area contributed by atoms with Crippen LogP contribution in [0.3, 0.4) is 0 Å². The van der Waals surface area contributed by atoms with Crippen LogP contribution in [0.25, 0.3) is 0 Å². The third kappa shape index (κ3) is 4.18. The van der Waals surface area contributed by atoms with Crippen molar-refractivity contribution in [2.75, 3.05) is 14.1 Å². The van der Waals surface area contributed by atoms with Crippen molar-refractivity contribution in [3.8, 4) is 0 Å². The fraction of sp³-hybridized carbons (Fsp3) is 0.385. The molecule has 1 aromatic carbocycles. The van der Waals surface area contributed by atoms with Gasteiger partial charge in [0.2, 0.25) is 5.91 Å². The second-order valence-corrected chi connectivity index (χ2v) is 4.77. The van der Waals surface area contributed by atoms with Crippen LogP contribution in [-0.2, 0) is 11.3 Å². The Morgan fingerprint density at radius 1 is 1.45 bits per heavy atom. The van der Waals surface area contributed by atoms with Crippen molar-refractivity contribution >= 4 is 23.5 Å². The van der Waals surface area contributed by atoms with Gasteiger partial charge in [0.15, 0.2) is 0 Å². The van der Waals surface area contributed by atoms with Gasteiger partial charge in [0, 0.05) is 24.2 Å². The number of carbonyl (C=O) groups excluding carboxylic acids is 2. The summed E-state index contributed by atoms with van der Waals surface area (Å²) in [7, 11) is 3.06. The summed E-state index contributed by atoms with van der Waals surface area (Å²) in [6.45, 7) is 1.78. The third-order valence-corrected chi connectivity index (χ3v) is 3.33. The van der Waals surface area contributed by atoms with E-state index in [9.17, 15) is 14.0 Å². The summed E-state index contributed by atoms with van der Waals surface area (Å²) >= 11 is 5.93. The van der Waals surface area contributed by atoms with Crippen molar-refractivity contribution in [2.45, 2.75) is 19.5 Å². The summed E-state index contributed by atoms with van der Waals surface area (Å²) in [5.41, 5.74) is 0.316. The highest BCUT2D eigenvalue weighted by Gasteiger charge is 2.21. The van der Waals surface area contributed by atoms with E-state index in [1.165, 1.54) is 19.2 Å². The summed E-state index contributed by atoms with van der Waals surface area (Å²) < 4.78 is 13.7. The monoisotopic (exact) mass is 301 g/mol. The van der Waals surface area contributed by atoms with E-state index < -0.39 is 23.8 Å². The Morgan fingerprint density at radius 2 is 2.10 bits per heavy atom. The zero-order valence-corrected chi connectivity index (χ0v) is 12.3. The topological polar surface area (TPSA) is 61.4 Å². The van der Waals surface area contributed by atoms with E-state index in [0.717, 1.165) is 0 Å². The predicted octanol–water partition coefficient (Wildman–Crippen LogP) is 1.75. The third-order valence-electron chi connectivity index (χ3n) is 2.97. The average molecular weight is 302 g/mol. The minimum Gasteiger partial charge on any atom is -0.341 e. The van der Waals surface area contributed by atoms with Crippen LogP contribution in [0.4, 0.5) is 9.18 Å². The summed E-state index contributed by atoms with van der Waals surface area (Å²) in [5, 5.41) is 4.76. The van der Waals surface area contributed by atoms with Gasteiger partial charge in [-0.15, -0.1) is 0 Å². The molecule has 1 unspecified atom stereocenters. The molecular weight excluding hydrogens is 285 g/mol. The first-order valence-corrected chi connectivity index (χ1v) is 6.40. The summed E-state index contributed by atoms with van der Waals surface area (Å²) in [6.07, 6.45) is 0. The van der Waals surface area contributed by atoms with Crippen LogP contribution in [-0.4, -0.2) is 37.0 Å². The van der Waals surface area contributed by atoms with Gasteiger partial charge in [0.1, 0.15) is 5.82 Å². The Kier molecular flexibility index (Phi) is 5.91. The Bertz CT molecular complexity index is 490. The second-order valence-electron chi connectivity index (χ2n) is 4.36. The molecule has 0 spiro atoms. The molecule has 7 heteroatoms. The van der Waals surface area contributed by atoms with Gasteiger partial charge in [-0.2, -0.15) is 0 Å². The number of urea groups is 1. The molecule has 0 bridgehead atoms. The molecule has 1 aromatic rings. The fourth-order valence-electron chi connectivity index (χ4n) is 1.55. The van der Waals surface area contributed by atoms with Gasteiger partial charge < -0.3 is 5.32 Å². The largest absolute Gasteiger partial charge is 0.341 e. The number of nitrogens with one attached hydrogen (secondary N) is 2. The van der Waals surface area contributed by atoms with Gasteiger partial charge in [-0.05, 0) is 26.1 Å². The minimum absolute atomic E-state index is 0.161. The lowest BCUT2D eigenvalue weighted by atomic mass is 10.1. The molecule has 0 saturated heterocycles. The first-order chi connectivity index (χ1) is 9.36. The molecule has 0 aliphatic carbocycles. The van der Waals surface area contributed by atoms with E-state index in [0.29, 0.717) is 10.6 Å². The standard InChI is InChI=1S/C13H17ClFN3O2/c1-8(12(19)17-13(20)16-2)18(3)7-9-10(14)5-4-6-11(9)15/h4-6,8H,7H2,1-3H3,(H2,16,17,19,20). The predicted molar refractivity (Wildman–Crippen MR) is 74.9 cm³/mol. The molecule has 0 aliphatic rings. The first kappa shape index (κ1) is 16.4. The Balaban J connectivity index is 2.73. The van der Waals surface area contributed by atoms with Crippen molar-refractivity contribution in [3.05, 3.63) is 34.6 Å². The van der Waals surface area contributed by atoms with Crippen LogP contribution in [0.15, 0.2) is 18.2 Å². The van der Waals surface area contributed by atoms with Gasteiger partial charge >= 0.3 is 6.03 Å². The number of halogens is 2. The maximum absolute atomic E-state index is 13.7. The number of benzene rings is 1. The number of rotatable bonds is 4. The minimum atomic E-state index is -0.608. The highest BCUT2D eigenvalue weighted by Crippen LogP contribution is 2.20. The highest BCUT2D eigenvalue weighted by atomic mass is 35.5. The number of likely N-dealkylation sites (N-methyl/N-ethyl adjacent to an activating group) is 1. The van der Waals surface area contributed by atoms with Crippen molar-refractivity contribution in [3.63, 3.8) is 0 Å².